The quantitative estimate of drug-likeness (QED) is 0.685. The van der Waals surface area contributed by atoms with Gasteiger partial charge in [-0.15, -0.1) is 0 Å². The second-order valence-corrected chi connectivity index (χ2v) is 7.35. The highest BCUT2D eigenvalue weighted by Crippen LogP contribution is 2.60. The lowest BCUT2D eigenvalue weighted by Crippen LogP contribution is -2.31. The maximum Gasteiger partial charge on any atom is 0.389 e. The van der Waals surface area contributed by atoms with Crippen LogP contribution < -0.4 is 5.32 Å². The van der Waals surface area contributed by atoms with Crippen LogP contribution in [-0.4, -0.2) is 30.9 Å². The van der Waals surface area contributed by atoms with E-state index >= 15 is 0 Å². The summed E-state index contributed by atoms with van der Waals surface area (Å²) in [6.07, 6.45) is 0. The third-order valence-electron chi connectivity index (χ3n) is 1.38. The Hall–Kier alpha value is -0.0300. The minimum Gasteiger partial charge on any atom is -0.353 e. The van der Waals surface area contributed by atoms with Crippen LogP contribution in [0.15, 0.2) is 0 Å². The third kappa shape index (κ3) is 7.28. The fraction of sp³-hybridized carbons (Fsp3) is 0.889. The van der Waals surface area contributed by atoms with Crippen LogP contribution in [0.25, 0.3) is 0 Å². The fourth-order valence-corrected chi connectivity index (χ4v) is 4.05. The first-order valence-electron chi connectivity index (χ1n) is 5.26. The largest absolute Gasteiger partial charge is 0.389 e. The summed E-state index contributed by atoms with van der Waals surface area (Å²) in [6.45, 7) is 4.65. The van der Waals surface area contributed by atoms with E-state index in [0.29, 0.717) is 13.2 Å². The number of hydrogen-bond acceptors (Lipinski definition) is 5. The number of nitrogens with one attached hydrogen (secondary N) is 1. The summed E-state index contributed by atoms with van der Waals surface area (Å²) in [5.41, 5.74) is 0. The molecule has 0 bridgehead atoms. The Morgan fingerprint density at radius 1 is 1.31 bits per heavy atom. The molecule has 1 N–H and O–H groups in total. The van der Waals surface area contributed by atoms with Crippen molar-refractivity contribution in [3.05, 3.63) is 0 Å². The first-order valence-corrected chi connectivity index (χ1v) is 8.39. The van der Waals surface area contributed by atoms with Crippen molar-refractivity contribution in [2.75, 3.05) is 19.0 Å². The normalized spacial score (nSPS) is 11.8. The van der Waals surface area contributed by atoms with Gasteiger partial charge in [0.25, 0.3) is 0 Å². The van der Waals surface area contributed by atoms with E-state index in [-0.39, 0.29) is 17.7 Å². The van der Waals surface area contributed by atoms with Gasteiger partial charge in [-0.2, -0.15) is 0 Å². The standard InChI is InChI=1S/C9H20NO4PS/c1-5-13-15(12,14-6-2)16-7-9(11)10-8(3)4/h8H,5-7H2,1-4H3,(H,10,11). The third-order valence-corrected chi connectivity index (χ3v) is 5.20. The molecule has 0 radical (unpaired) electrons. The zero-order chi connectivity index (χ0) is 12.6. The second kappa shape index (κ2) is 8.12. The van der Waals surface area contributed by atoms with Crippen molar-refractivity contribution in [3.8, 4) is 0 Å². The number of hydrogen-bond donors (Lipinski definition) is 1. The number of amides is 1. The second-order valence-electron chi connectivity index (χ2n) is 3.28. The summed E-state index contributed by atoms with van der Waals surface area (Å²) in [4.78, 5) is 11.3. The molecule has 0 saturated carbocycles. The summed E-state index contributed by atoms with van der Waals surface area (Å²) >= 11 is 0.922. The monoisotopic (exact) mass is 269 g/mol. The number of rotatable bonds is 8. The highest BCUT2D eigenvalue weighted by molar-refractivity contribution is 8.55. The fourth-order valence-electron chi connectivity index (χ4n) is 0.929. The topological polar surface area (TPSA) is 64.6 Å². The van der Waals surface area contributed by atoms with E-state index in [2.05, 4.69) is 5.32 Å². The van der Waals surface area contributed by atoms with Crippen molar-refractivity contribution < 1.29 is 18.4 Å². The molecule has 1 amide bonds. The van der Waals surface area contributed by atoms with Gasteiger partial charge in [-0.25, -0.2) is 4.57 Å². The molecule has 0 aliphatic carbocycles. The van der Waals surface area contributed by atoms with Gasteiger partial charge in [0.05, 0.1) is 19.0 Å². The Labute approximate surface area is 101 Å². The van der Waals surface area contributed by atoms with Crippen LogP contribution in [0.4, 0.5) is 0 Å². The molecule has 0 rings (SSSR count). The Balaban J connectivity index is 4.11. The van der Waals surface area contributed by atoms with Gasteiger partial charge >= 0.3 is 6.80 Å². The predicted molar refractivity (Wildman–Crippen MR) is 66.6 cm³/mol. The maximum atomic E-state index is 11.9. The van der Waals surface area contributed by atoms with Crippen molar-refractivity contribution in [1.29, 1.82) is 0 Å². The highest BCUT2D eigenvalue weighted by atomic mass is 32.7. The predicted octanol–water partition coefficient (Wildman–Crippen LogP) is 2.43. The Morgan fingerprint density at radius 2 is 1.81 bits per heavy atom. The summed E-state index contributed by atoms with van der Waals surface area (Å²) in [5.74, 6) is -0.0882. The molecule has 7 heteroatoms. The Morgan fingerprint density at radius 3 is 2.19 bits per heavy atom. The maximum absolute atomic E-state index is 11.9. The van der Waals surface area contributed by atoms with E-state index in [0.717, 1.165) is 11.4 Å². The lowest BCUT2D eigenvalue weighted by atomic mass is 10.4. The molecule has 0 atom stereocenters. The van der Waals surface area contributed by atoms with E-state index in [1.807, 2.05) is 13.8 Å². The van der Waals surface area contributed by atoms with Crippen LogP contribution in [0.3, 0.4) is 0 Å². The van der Waals surface area contributed by atoms with E-state index in [9.17, 15) is 9.36 Å². The molecule has 0 fully saturated rings. The number of carbonyl (C=O) groups excluding carboxylic acids is 1. The van der Waals surface area contributed by atoms with Gasteiger partial charge in [0.15, 0.2) is 0 Å². The Bertz CT molecular complexity index is 250. The van der Waals surface area contributed by atoms with Crippen LogP contribution in [0.2, 0.25) is 0 Å². The molecule has 0 saturated heterocycles. The van der Waals surface area contributed by atoms with Gasteiger partial charge in [-0.3, -0.25) is 4.79 Å². The molecular weight excluding hydrogens is 249 g/mol. The van der Waals surface area contributed by atoms with E-state index in [1.54, 1.807) is 13.8 Å². The summed E-state index contributed by atoms with van der Waals surface area (Å²) < 4.78 is 22.0. The smallest absolute Gasteiger partial charge is 0.353 e. The molecule has 0 aromatic rings. The first kappa shape index (κ1) is 16.0. The summed E-state index contributed by atoms with van der Waals surface area (Å²) in [6, 6.07) is 0.0756. The van der Waals surface area contributed by atoms with Gasteiger partial charge in [0.1, 0.15) is 0 Å². The molecule has 0 aliphatic rings. The van der Waals surface area contributed by atoms with Crippen LogP contribution in [-0.2, 0) is 18.4 Å². The zero-order valence-electron chi connectivity index (χ0n) is 10.2. The molecular formula is C9H20NO4PS. The van der Waals surface area contributed by atoms with Crippen LogP contribution in [0.5, 0.6) is 0 Å². The van der Waals surface area contributed by atoms with E-state index < -0.39 is 6.80 Å². The van der Waals surface area contributed by atoms with Gasteiger partial charge < -0.3 is 14.4 Å². The van der Waals surface area contributed by atoms with Crippen LogP contribution in [0, 0.1) is 0 Å². The highest BCUT2D eigenvalue weighted by Gasteiger charge is 2.25. The van der Waals surface area contributed by atoms with Crippen molar-refractivity contribution in [2.45, 2.75) is 33.7 Å². The van der Waals surface area contributed by atoms with Crippen molar-refractivity contribution in [2.24, 2.45) is 0 Å². The summed E-state index contributed by atoms with van der Waals surface area (Å²) in [5, 5.41) is 2.71. The van der Waals surface area contributed by atoms with Gasteiger partial charge in [0.2, 0.25) is 5.91 Å². The van der Waals surface area contributed by atoms with Gasteiger partial charge in [-0.1, -0.05) is 0 Å². The number of carbonyl (C=O) groups is 1. The average molecular weight is 269 g/mol. The van der Waals surface area contributed by atoms with Gasteiger partial charge in [-0.05, 0) is 39.1 Å². The molecule has 16 heavy (non-hydrogen) atoms. The molecule has 96 valence electrons. The molecule has 0 aliphatic heterocycles. The SMILES string of the molecule is CCOP(=O)(OCC)SCC(=O)NC(C)C. The van der Waals surface area contributed by atoms with Crippen LogP contribution in [0.1, 0.15) is 27.7 Å². The molecule has 0 unspecified atom stereocenters. The lowest BCUT2D eigenvalue weighted by Gasteiger charge is -2.16. The van der Waals surface area contributed by atoms with Crippen molar-refractivity contribution in [3.63, 3.8) is 0 Å². The van der Waals surface area contributed by atoms with Crippen molar-refractivity contribution >= 4 is 24.1 Å². The van der Waals surface area contributed by atoms with Crippen LogP contribution >= 0.6 is 18.2 Å². The first-order chi connectivity index (χ1) is 7.43. The molecule has 5 nitrogen and oxygen atoms in total. The lowest BCUT2D eigenvalue weighted by molar-refractivity contribution is -0.119. The minimum absolute atomic E-state index is 0.0756. The zero-order valence-corrected chi connectivity index (χ0v) is 11.9. The Kier molecular flexibility index (Phi) is 8.10. The van der Waals surface area contributed by atoms with E-state index in [4.69, 9.17) is 9.05 Å². The molecule has 0 spiro atoms. The summed E-state index contributed by atoms with van der Waals surface area (Å²) in [7, 11) is 0. The van der Waals surface area contributed by atoms with Gasteiger partial charge in [0, 0.05) is 6.04 Å². The van der Waals surface area contributed by atoms with E-state index in [1.165, 1.54) is 0 Å². The molecule has 0 aromatic heterocycles. The molecule has 0 aromatic carbocycles. The average Bonchev–Trinajstić information content (AvgIpc) is 2.15. The minimum atomic E-state index is -3.16. The van der Waals surface area contributed by atoms with Crippen molar-refractivity contribution in [1.82, 2.24) is 5.32 Å². The molecule has 0 heterocycles.